The van der Waals surface area contributed by atoms with Gasteiger partial charge in [-0.05, 0) is 6.42 Å². The van der Waals surface area contributed by atoms with Crippen molar-refractivity contribution in [2.75, 3.05) is 6.61 Å². The van der Waals surface area contributed by atoms with Crippen molar-refractivity contribution < 1.29 is 27.8 Å². The quantitative estimate of drug-likeness (QED) is 0.892. The number of thiazole rings is 1. The van der Waals surface area contributed by atoms with Crippen LogP contribution in [0.1, 0.15) is 27.3 Å². The molecule has 8 heteroatoms. The van der Waals surface area contributed by atoms with Crippen LogP contribution in [0.2, 0.25) is 0 Å². The van der Waals surface area contributed by atoms with Crippen molar-refractivity contribution in [3.63, 3.8) is 0 Å². The van der Waals surface area contributed by atoms with Crippen molar-refractivity contribution >= 4 is 17.3 Å². The minimum absolute atomic E-state index is 0.0538. The molecule has 0 spiro atoms. The molecule has 1 N–H and O–H groups in total. The number of aryl methyl sites for hydroxylation is 1. The van der Waals surface area contributed by atoms with Gasteiger partial charge in [-0.2, -0.15) is 13.2 Å². The Kier molecular flexibility index (Phi) is 4.47. The number of hydrogen-bond acceptors (Lipinski definition) is 4. The van der Waals surface area contributed by atoms with Gasteiger partial charge in [-0.3, -0.25) is 0 Å². The van der Waals surface area contributed by atoms with Crippen LogP contribution >= 0.6 is 11.3 Å². The van der Waals surface area contributed by atoms with E-state index in [1.807, 2.05) is 0 Å². The number of rotatable bonds is 5. The van der Waals surface area contributed by atoms with Crippen LogP contribution in [0.5, 0.6) is 0 Å². The molecule has 96 valence electrons. The predicted molar refractivity (Wildman–Crippen MR) is 54.2 cm³/mol. The van der Waals surface area contributed by atoms with Gasteiger partial charge in [-0.1, -0.05) is 6.92 Å². The zero-order valence-corrected chi connectivity index (χ0v) is 9.69. The van der Waals surface area contributed by atoms with Crippen molar-refractivity contribution in [2.24, 2.45) is 0 Å². The fourth-order valence-corrected chi connectivity index (χ4v) is 2.05. The summed E-state index contributed by atoms with van der Waals surface area (Å²) < 4.78 is 39.8. The minimum Gasteiger partial charge on any atom is -0.477 e. The number of carbonyl (C=O) groups is 1. The van der Waals surface area contributed by atoms with Crippen LogP contribution in [0.15, 0.2) is 0 Å². The van der Waals surface area contributed by atoms with Gasteiger partial charge >= 0.3 is 12.1 Å². The smallest absolute Gasteiger partial charge is 0.411 e. The number of ether oxygens (including phenoxy) is 1. The van der Waals surface area contributed by atoms with Crippen molar-refractivity contribution in [3.8, 4) is 0 Å². The second-order valence-corrected chi connectivity index (χ2v) is 4.23. The molecule has 0 bridgehead atoms. The largest absolute Gasteiger partial charge is 0.477 e. The second kappa shape index (κ2) is 5.46. The Labute approximate surface area is 99.0 Å². The molecular weight excluding hydrogens is 259 g/mol. The Morgan fingerprint density at radius 2 is 2.18 bits per heavy atom. The van der Waals surface area contributed by atoms with Crippen molar-refractivity contribution in [1.29, 1.82) is 0 Å². The van der Waals surface area contributed by atoms with Crippen LogP contribution in [0.25, 0.3) is 0 Å². The maximum Gasteiger partial charge on any atom is 0.411 e. The molecule has 0 saturated carbocycles. The molecule has 1 aromatic heterocycles. The van der Waals surface area contributed by atoms with E-state index in [-0.39, 0.29) is 16.5 Å². The second-order valence-electron chi connectivity index (χ2n) is 3.15. The van der Waals surface area contributed by atoms with E-state index in [9.17, 15) is 18.0 Å². The summed E-state index contributed by atoms with van der Waals surface area (Å²) in [4.78, 5) is 14.7. The average Bonchev–Trinajstić information content (AvgIpc) is 2.59. The fraction of sp³-hybridized carbons (Fsp3) is 0.556. The fourth-order valence-electron chi connectivity index (χ4n) is 1.12. The highest BCUT2D eigenvalue weighted by atomic mass is 32.1. The van der Waals surface area contributed by atoms with Crippen LogP contribution in [0.4, 0.5) is 13.2 Å². The van der Waals surface area contributed by atoms with Crippen LogP contribution in [0, 0.1) is 0 Å². The van der Waals surface area contributed by atoms with Crippen molar-refractivity contribution in [1.82, 2.24) is 4.98 Å². The molecule has 0 fully saturated rings. The first-order chi connectivity index (χ1) is 7.83. The van der Waals surface area contributed by atoms with Gasteiger partial charge in [0.15, 0.2) is 0 Å². The topological polar surface area (TPSA) is 59.4 Å². The van der Waals surface area contributed by atoms with E-state index < -0.39 is 18.8 Å². The van der Waals surface area contributed by atoms with E-state index in [0.717, 1.165) is 11.3 Å². The molecule has 0 amide bonds. The number of nitrogens with zero attached hydrogens (tertiary/aromatic N) is 1. The predicted octanol–water partition coefficient (Wildman–Crippen LogP) is 2.48. The number of alkyl halides is 3. The first-order valence-corrected chi connectivity index (χ1v) is 5.51. The van der Waals surface area contributed by atoms with Crippen LogP contribution < -0.4 is 0 Å². The first-order valence-electron chi connectivity index (χ1n) is 4.70. The summed E-state index contributed by atoms with van der Waals surface area (Å²) >= 11 is 0.840. The van der Waals surface area contributed by atoms with Gasteiger partial charge in [0.05, 0.1) is 12.3 Å². The molecule has 1 aromatic rings. The molecule has 0 aliphatic heterocycles. The molecule has 0 unspecified atom stereocenters. The molecule has 0 radical (unpaired) electrons. The highest BCUT2D eigenvalue weighted by Crippen LogP contribution is 2.21. The molecule has 1 rings (SSSR count). The first kappa shape index (κ1) is 13.9. The van der Waals surface area contributed by atoms with Gasteiger partial charge in [0, 0.05) is 0 Å². The number of carboxylic acid groups (broad SMARTS) is 1. The van der Waals surface area contributed by atoms with E-state index in [1.165, 1.54) is 0 Å². The maximum absolute atomic E-state index is 11.8. The SMILES string of the molecule is CCc1nc(COCC(F)(F)F)sc1C(=O)O. The van der Waals surface area contributed by atoms with E-state index in [1.54, 1.807) is 6.92 Å². The lowest BCUT2D eigenvalue weighted by molar-refractivity contribution is -0.176. The Balaban J connectivity index is 2.64. The number of aromatic nitrogens is 1. The third-order valence-corrected chi connectivity index (χ3v) is 2.82. The Bertz CT molecular complexity index is 403. The lowest BCUT2D eigenvalue weighted by atomic mass is 10.3. The minimum atomic E-state index is -4.39. The summed E-state index contributed by atoms with van der Waals surface area (Å²) in [6, 6.07) is 0. The molecule has 0 saturated heterocycles. The van der Waals surface area contributed by atoms with Gasteiger partial charge in [0.1, 0.15) is 16.5 Å². The molecule has 0 aliphatic rings. The van der Waals surface area contributed by atoms with Gasteiger partial charge in [0.25, 0.3) is 0 Å². The lowest BCUT2D eigenvalue weighted by Gasteiger charge is -2.05. The number of halogens is 3. The zero-order chi connectivity index (χ0) is 13.1. The lowest BCUT2D eigenvalue weighted by Crippen LogP contribution is -2.16. The molecule has 1 heterocycles. The van der Waals surface area contributed by atoms with E-state index in [0.29, 0.717) is 12.1 Å². The average molecular weight is 269 g/mol. The number of aromatic carboxylic acids is 1. The number of carboxylic acids is 1. The molecule has 17 heavy (non-hydrogen) atoms. The Hall–Kier alpha value is -1.15. The summed E-state index contributed by atoms with van der Waals surface area (Å²) in [5.74, 6) is -1.12. The molecule has 0 atom stereocenters. The summed E-state index contributed by atoms with van der Waals surface area (Å²) in [7, 11) is 0. The van der Waals surface area contributed by atoms with Crippen LogP contribution in [0.3, 0.4) is 0 Å². The summed E-state index contributed by atoms with van der Waals surface area (Å²) in [6.45, 7) is 0.0305. The Morgan fingerprint density at radius 1 is 1.53 bits per heavy atom. The number of hydrogen-bond donors (Lipinski definition) is 1. The van der Waals surface area contributed by atoms with Gasteiger partial charge in [0.2, 0.25) is 0 Å². The summed E-state index contributed by atoms with van der Waals surface area (Å²) in [5.41, 5.74) is 0.369. The summed E-state index contributed by atoms with van der Waals surface area (Å²) in [6.07, 6.45) is -3.97. The maximum atomic E-state index is 11.8. The highest BCUT2D eigenvalue weighted by Gasteiger charge is 2.27. The Morgan fingerprint density at radius 3 is 2.59 bits per heavy atom. The normalized spacial score (nSPS) is 11.8. The van der Waals surface area contributed by atoms with Crippen molar-refractivity contribution in [3.05, 3.63) is 15.6 Å². The van der Waals surface area contributed by atoms with Gasteiger partial charge in [-0.25, -0.2) is 9.78 Å². The van der Waals surface area contributed by atoms with E-state index >= 15 is 0 Å². The van der Waals surface area contributed by atoms with E-state index in [2.05, 4.69) is 9.72 Å². The van der Waals surface area contributed by atoms with Crippen LogP contribution in [-0.4, -0.2) is 28.8 Å². The zero-order valence-electron chi connectivity index (χ0n) is 8.87. The third kappa shape index (κ3) is 4.31. The summed E-state index contributed by atoms with van der Waals surface area (Å²) in [5, 5.41) is 9.05. The van der Waals surface area contributed by atoms with Gasteiger partial charge in [-0.15, -0.1) is 11.3 Å². The third-order valence-electron chi connectivity index (χ3n) is 1.76. The van der Waals surface area contributed by atoms with E-state index in [4.69, 9.17) is 5.11 Å². The molecule has 0 aromatic carbocycles. The standard InChI is InChI=1S/C9H10F3NO3S/c1-2-5-7(8(14)15)17-6(13-5)3-16-4-9(10,11)12/h2-4H2,1H3,(H,14,15). The molecular formula is C9H10F3NO3S. The van der Waals surface area contributed by atoms with Gasteiger partial charge < -0.3 is 9.84 Å². The monoisotopic (exact) mass is 269 g/mol. The highest BCUT2D eigenvalue weighted by molar-refractivity contribution is 7.13. The van der Waals surface area contributed by atoms with Crippen LogP contribution in [-0.2, 0) is 17.8 Å². The molecule has 0 aliphatic carbocycles. The molecule has 4 nitrogen and oxygen atoms in total. The van der Waals surface area contributed by atoms with Crippen molar-refractivity contribution in [2.45, 2.75) is 26.1 Å².